The molecular formula is C21H21N5O3S. The first-order valence-electron chi connectivity index (χ1n) is 9.74. The number of hydrogen-bond donors (Lipinski definition) is 1. The fourth-order valence-electron chi connectivity index (χ4n) is 3.64. The number of aryl methyl sites for hydroxylation is 2. The van der Waals surface area contributed by atoms with Crippen molar-refractivity contribution in [3.63, 3.8) is 0 Å². The van der Waals surface area contributed by atoms with Gasteiger partial charge in [-0.3, -0.25) is 4.40 Å². The van der Waals surface area contributed by atoms with Crippen molar-refractivity contribution in [1.29, 1.82) is 0 Å². The second kappa shape index (κ2) is 6.75. The second-order valence-electron chi connectivity index (χ2n) is 7.72. The number of sulfonamides is 1. The Morgan fingerprint density at radius 2 is 1.87 bits per heavy atom. The number of nitrogens with zero attached hydrogens (tertiary/aromatic N) is 4. The minimum absolute atomic E-state index is 0.0332. The summed E-state index contributed by atoms with van der Waals surface area (Å²) in [6, 6.07) is 10.2. The van der Waals surface area contributed by atoms with E-state index in [2.05, 4.69) is 4.98 Å². The molecule has 1 aliphatic carbocycles. The van der Waals surface area contributed by atoms with Crippen LogP contribution in [0.4, 0.5) is 0 Å². The quantitative estimate of drug-likeness (QED) is 0.528. The van der Waals surface area contributed by atoms with E-state index in [9.17, 15) is 8.42 Å². The number of imidazole rings is 1. The molecule has 0 amide bonds. The van der Waals surface area contributed by atoms with Crippen LogP contribution in [0.5, 0.6) is 5.88 Å². The third-order valence-corrected chi connectivity index (χ3v) is 6.22. The molecule has 8 nitrogen and oxygen atoms in total. The zero-order valence-electron chi connectivity index (χ0n) is 16.7. The highest BCUT2D eigenvalue weighted by atomic mass is 32.2. The molecule has 5 rings (SSSR count). The Morgan fingerprint density at radius 3 is 2.60 bits per heavy atom. The van der Waals surface area contributed by atoms with E-state index in [1.807, 2.05) is 30.4 Å². The maximum absolute atomic E-state index is 11.8. The lowest BCUT2D eigenvalue weighted by molar-refractivity contribution is 0.289. The van der Waals surface area contributed by atoms with Gasteiger partial charge in [-0.1, -0.05) is 12.1 Å². The molecule has 0 radical (unpaired) electrons. The molecule has 3 aromatic heterocycles. The molecule has 0 unspecified atom stereocenters. The maximum atomic E-state index is 11.8. The molecular weight excluding hydrogens is 402 g/mol. The second-order valence-corrected chi connectivity index (χ2v) is 9.28. The average molecular weight is 423 g/mol. The number of nitrogens with two attached hydrogens (primary N) is 1. The molecule has 0 aliphatic heterocycles. The summed E-state index contributed by atoms with van der Waals surface area (Å²) >= 11 is 0. The van der Waals surface area contributed by atoms with Gasteiger partial charge >= 0.3 is 0 Å². The smallest absolute Gasteiger partial charge is 0.238 e. The summed E-state index contributed by atoms with van der Waals surface area (Å²) in [4.78, 5) is 14.1. The van der Waals surface area contributed by atoms with E-state index in [1.54, 1.807) is 12.1 Å². The maximum Gasteiger partial charge on any atom is 0.238 e. The molecule has 2 N–H and O–H groups in total. The number of fused-ring (bicyclic) bond motifs is 3. The van der Waals surface area contributed by atoms with Crippen LogP contribution in [0.2, 0.25) is 0 Å². The zero-order chi connectivity index (χ0) is 21.0. The predicted octanol–water partition coefficient (Wildman–Crippen LogP) is 3.00. The lowest BCUT2D eigenvalue weighted by Gasteiger charge is -2.10. The standard InChI is InChI=1S/C21H21N5O3S/c1-12-19-13(2)24-20(15-4-3-5-16(10-15)30(22,27)28)26(19)21-17(23-12)8-9-18(25-21)29-11-14-6-7-14/h3-5,8-10,14H,6-7,11H2,1-2H3,(H2,22,27,28). The topological polar surface area (TPSA) is 112 Å². The van der Waals surface area contributed by atoms with Crippen LogP contribution in [-0.4, -0.2) is 34.4 Å². The first kappa shape index (κ1) is 19.0. The highest BCUT2D eigenvalue weighted by Gasteiger charge is 2.23. The van der Waals surface area contributed by atoms with Crippen LogP contribution in [0.3, 0.4) is 0 Å². The van der Waals surface area contributed by atoms with Crippen molar-refractivity contribution in [3.05, 3.63) is 47.8 Å². The summed E-state index contributed by atoms with van der Waals surface area (Å²) in [6.07, 6.45) is 2.40. The number of aromatic nitrogens is 4. The molecule has 3 heterocycles. The third-order valence-electron chi connectivity index (χ3n) is 5.31. The van der Waals surface area contributed by atoms with Crippen LogP contribution >= 0.6 is 0 Å². The predicted molar refractivity (Wildman–Crippen MR) is 113 cm³/mol. The summed E-state index contributed by atoms with van der Waals surface area (Å²) in [5.74, 6) is 1.73. The molecule has 1 aliphatic rings. The minimum Gasteiger partial charge on any atom is -0.477 e. The molecule has 0 spiro atoms. The Morgan fingerprint density at radius 1 is 1.10 bits per heavy atom. The van der Waals surface area contributed by atoms with Gasteiger partial charge < -0.3 is 4.74 Å². The Labute approximate surface area is 173 Å². The van der Waals surface area contributed by atoms with Gasteiger partial charge in [0.2, 0.25) is 15.9 Å². The van der Waals surface area contributed by atoms with Crippen LogP contribution in [0.15, 0.2) is 41.3 Å². The molecule has 0 atom stereocenters. The number of benzene rings is 1. The molecule has 0 bridgehead atoms. The lowest BCUT2D eigenvalue weighted by Crippen LogP contribution is -2.12. The summed E-state index contributed by atoms with van der Waals surface area (Å²) in [5, 5.41) is 5.33. The fourth-order valence-corrected chi connectivity index (χ4v) is 4.20. The van der Waals surface area contributed by atoms with Crippen molar-refractivity contribution in [2.24, 2.45) is 11.1 Å². The Bertz CT molecular complexity index is 1410. The van der Waals surface area contributed by atoms with E-state index in [-0.39, 0.29) is 4.90 Å². The van der Waals surface area contributed by atoms with Crippen LogP contribution < -0.4 is 9.88 Å². The lowest BCUT2D eigenvalue weighted by atomic mass is 10.2. The van der Waals surface area contributed by atoms with Gasteiger partial charge in [-0.25, -0.2) is 23.5 Å². The van der Waals surface area contributed by atoms with Gasteiger partial charge in [0.25, 0.3) is 0 Å². The third kappa shape index (κ3) is 3.29. The number of hydrogen-bond acceptors (Lipinski definition) is 6. The van der Waals surface area contributed by atoms with Crippen LogP contribution in [0, 0.1) is 19.8 Å². The monoisotopic (exact) mass is 423 g/mol. The normalized spacial score (nSPS) is 14.5. The number of ether oxygens (including phenoxy) is 1. The summed E-state index contributed by atoms with van der Waals surface area (Å²) < 4.78 is 31.5. The highest BCUT2D eigenvalue weighted by Crippen LogP contribution is 2.31. The Balaban J connectivity index is 1.75. The number of rotatable bonds is 5. The highest BCUT2D eigenvalue weighted by molar-refractivity contribution is 7.89. The molecule has 4 aromatic rings. The van der Waals surface area contributed by atoms with Crippen molar-refractivity contribution in [1.82, 2.24) is 19.4 Å². The van der Waals surface area contributed by atoms with Gasteiger partial charge in [0.15, 0.2) is 5.65 Å². The van der Waals surface area contributed by atoms with Gasteiger partial charge in [0, 0.05) is 11.6 Å². The van der Waals surface area contributed by atoms with Crippen molar-refractivity contribution >= 4 is 26.7 Å². The van der Waals surface area contributed by atoms with Crippen molar-refractivity contribution in [2.45, 2.75) is 31.6 Å². The summed E-state index contributed by atoms with van der Waals surface area (Å²) in [6.45, 7) is 4.48. The number of pyridine rings is 1. The average Bonchev–Trinajstić information content (AvgIpc) is 3.47. The largest absolute Gasteiger partial charge is 0.477 e. The van der Waals surface area contributed by atoms with Gasteiger partial charge in [-0.15, -0.1) is 0 Å². The van der Waals surface area contributed by atoms with Crippen LogP contribution in [0.1, 0.15) is 24.2 Å². The molecule has 30 heavy (non-hydrogen) atoms. The fraction of sp³-hybridized carbons (Fsp3) is 0.286. The van der Waals surface area contributed by atoms with Crippen molar-refractivity contribution in [3.8, 4) is 17.3 Å². The molecule has 0 saturated heterocycles. The molecule has 154 valence electrons. The summed E-state index contributed by atoms with van der Waals surface area (Å²) in [5.41, 5.74) is 4.38. The Kier molecular flexibility index (Phi) is 4.26. The van der Waals surface area contributed by atoms with E-state index in [4.69, 9.17) is 19.8 Å². The molecule has 9 heteroatoms. The first-order chi connectivity index (χ1) is 14.3. The number of primary sulfonamides is 1. The zero-order valence-corrected chi connectivity index (χ0v) is 17.5. The van der Waals surface area contributed by atoms with Gasteiger partial charge in [0.1, 0.15) is 11.3 Å². The Hall–Kier alpha value is -3.04. The van der Waals surface area contributed by atoms with Crippen molar-refractivity contribution < 1.29 is 13.2 Å². The minimum atomic E-state index is -3.83. The summed E-state index contributed by atoms with van der Waals surface area (Å²) in [7, 11) is -3.83. The van der Waals surface area contributed by atoms with E-state index < -0.39 is 10.0 Å². The van der Waals surface area contributed by atoms with E-state index >= 15 is 0 Å². The van der Waals surface area contributed by atoms with E-state index in [1.165, 1.54) is 25.0 Å². The van der Waals surface area contributed by atoms with E-state index in [0.29, 0.717) is 41.0 Å². The first-order valence-corrected chi connectivity index (χ1v) is 11.3. The SMILES string of the molecule is Cc1nc(-c2cccc(S(N)(=O)=O)c2)n2c1c(C)nc1ccc(OCC3CC3)nc12. The molecule has 1 aromatic carbocycles. The van der Waals surface area contributed by atoms with Gasteiger partial charge in [0.05, 0.1) is 28.4 Å². The van der Waals surface area contributed by atoms with Crippen LogP contribution in [-0.2, 0) is 10.0 Å². The van der Waals surface area contributed by atoms with E-state index in [0.717, 1.165) is 16.9 Å². The van der Waals surface area contributed by atoms with Crippen molar-refractivity contribution in [2.75, 3.05) is 6.61 Å². The van der Waals surface area contributed by atoms with Gasteiger partial charge in [-0.2, -0.15) is 4.98 Å². The molecule has 1 saturated carbocycles. The van der Waals surface area contributed by atoms with Gasteiger partial charge in [-0.05, 0) is 50.8 Å². The van der Waals surface area contributed by atoms with Crippen LogP contribution in [0.25, 0.3) is 28.1 Å². The molecule has 1 fully saturated rings.